The van der Waals surface area contributed by atoms with Gasteiger partial charge in [0.15, 0.2) is 9.84 Å². The van der Waals surface area contributed by atoms with E-state index >= 15 is 0 Å². The van der Waals surface area contributed by atoms with E-state index in [0.717, 1.165) is 11.3 Å². The molecule has 12 heavy (non-hydrogen) atoms. The van der Waals surface area contributed by atoms with Gasteiger partial charge in [-0.15, -0.1) is 11.3 Å². The predicted molar refractivity (Wildman–Crippen MR) is 51.7 cm³/mol. The first-order chi connectivity index (χ1) is 5.44. The molecule has 1 aromatic heterocycles. The Hall–Kier alpha value is -0.0600. The van der Waals surface area contributed by atoms with Crippen LogP contribution in [-0.2, 0) is 9.84 Å². The maximum Gasteiger partial charge on any atom is 0.190 e. The Labute approximate surface area is 81.1 Å². The van der Waals surface area contributed by atoms with Crippen molar-refractivity contribution in [3.05, 3.63) is 16.5 Å². The lowest BCUT2D eigenvalue weighted by Crippen LogP contribution is -2.12. The van der Waals surface area contributed by atoms with Gasteiger partial charge in [0.25, 0.3) is 0 Å². The summed E-state index contributed by atoms with van der Waals surface area (Å²) in [4.78, 5) is 0. The van der Waals surface area contributed by atoms with Crippen LogP contribution in [0, 0.1) is 0 Å². The molecule has 0 aliphatic heterocycles. The quantitative estimate of drug-likeness (QED) is 0.774. The van der Waals surface area contributed by atoms with Crippen LogP contribution in [0.2, 0.25) is 4.34 Å². The molecule has 5 heteroatoms. The highest BCUT2D eigenvalue weighted by molar-refractivity contribution is 7.94. The maximum absolute atomic E-state index is 11.5. The standard InChI is InChI=1S/C7H9ClO2S2/c1-5(2)12(9,10)7-4-3-6(8)11-7/h3-5H,1-2H3. The minimum absolute atomic E-state index is 0.350. The minimum Gasteiger partial charge on any atom is -0.223 e. The van der Waals surface area contributed by atoms with Crippen molar-refractivity contribution in [3.8, 4) is 0 Å². The second-order valence-electron chi connectivity index (χ2n) is 2.65. The molecule has 0 saturated carbocycles. The van der Waals surface area contributed by atoms with Gasteiger partial charge in [0.1, 0.15) is 4.21 Å². The zero-order chi connectivity index (χ0) is 9.35. The monoisotopic (exact) mass is 224 g/mol. The van der Waals surface area contributed by atoms with Crippen molar-refractivity contribution >= 4 is 32.8 Å². The summed E-state index contributed by atoms with van der Waals surface area (Å²) in [6, 6.07) is 3.14. The van der Waals surface area contributed by atoms with E-state index in [2.05, 4.69) is 0 Å². The number of hydrogen-bond acceptors (Lipinski definition) is 3. The molecule has 1 aromatic rings. The van der Waals surface area contributed by atoms with Crippen LogP contribution in [0.15, 0.2) is 16.3 Å². The smallest absolute Gasteiger partial charge is 0.190 e. The fourth-order valence-corrected chi connectivity index (χ4v) is 3.63. The van der Waals surface area contributed by atoms with E-state index in [1.165, 1.54) is 0 Å². The molecule has 0 unspecified atom stereocenters. The molecular formula is C7H9ClO2S2. The number of rotatable bonds is 2. The lowest BCUT2D eigenvalue weighted by Gasteiger charge is -2.03. The molecule has 0 atom stereocenters. The van der Waals surface area contributed by atoms with Crippen molar-refractivity contribution in [2.75, 3.05) is 0 Å². The number of halogens is 1. The lowest BCUT2D eigenvalue weighted by atomic mass is 10.6. The lowest BCUT2D eigenvalue weighted by molar-refractivity contribution is 0.589. The summed E-state index contributed by atoms with van der Waals surface area (Å²) in [5.74, 6) is 0. The summed E-state index contributed by atoms with van der Waals surface area (Å²) in [6.45, 7) is 3.31. The topological polar surface area (TPSA) is 34.1 Å². The van der Waals surface area contributed by atoms with Crippen LogP contribution < -0.4 is 0 Å². The fraction of sp³-hybridized carbons (Fsp3) is 0.429. The van der Waals surface area contributed by atoms with Crippen LogP contribution in [0.1, 0.15) is 13.8 Å². The van der Waals surface area contributed by atoms with Crippen molar-refractivity contribution < 1.29 is 8.42 Å². The van der Waals surface area contributed by atoms with Crippen LogP contribution in [-0.4, -0.2) is 13.7 Å². The van der Waals surface area contributed by atoms with Crippen molar-refractivity contribution in [3.63, 3.8) is 0 Å². The number of thiophene rings is 1. The van der Waals surface area contributed by atoms with Gasteiger partial charge in [-0.05, 0) is 26.0 Å². The Morgan fingerprint density at radius 1 is 1.42 bits per heavy atom. The van der Waals surface area contributed by atoms with E-state index in [1.54, 1.807) is 26.0 Å². The summed E-state index contributed by atoms with van der Waals surface area (Å²) < 4.78 is 23.9. The highest BCUT2D eigenvalue weighted by Crippen LogP contribution is 2.27. The molecule has 0 bridgehead atoms. The Morgan fingerprint density at radius 3 is 2.33 bits per heavy atom. The van der Waals surface area contributed by atoms with E-state index in [-0.39, 0.29) is 5.25 Å². The molecule has 1 heterocycles. The molecule has 0 saturated heterocycles. The van der Waals surface area contributed by atoms with Crippen molar-refractivity contribution in [2.24, 2.45) is 0 Å². The molecular weight excluding hydrogens is 216 g/mol. The van der Waals surface area contributed by atoms with Crippen molar-refractivity contribution in [1.82, 2.24) is 0 Å². The number of hydrogen-bond donors (Lipinski definition) is 0. The summed E-state index contributed by atoms with van der Waals surface area (Å²) >= 11 is 6.73. The molecule has 0 fully saturated rings. The van der Waals surface area contributed by atoms with E-state index in [9.17, 15) is 8.42 Å². The van der Waals surface area contributed by atoms with Crippen LogP contribution in [0.5, 0.6) is 0 Å². The van der Waals surface area contributed by atoms with E-state index in [1.807, 2.05) is 0 Å². The van der Waals surface area contributed by atoms with Crippen LogP contribution >= 0.6 is 22.9 Å². The molecule has 0 aliphatic rings. The van der Waals surface area contributed by atoms with Gasteiger partial charge in [-0.25, -0.2) is 8.42 Å². The van der Waals surface area contributed by atoms with Crippen molar-refractivity contribution in [2.45, 2.75) is 23.3 Å². The molecule has 0 aliphatic carbocycles. The second-order valence-corrected chi connectivity index (χ2v) is 7.10. The van der Waals surface area contributed by atoms with Gasteiger partial charge in [0.05, 0.1) is 9.59 Å². The third-order valence-electron chi connectivity index (χ3n) is 1.45. The fourth-order valence-electron chi connectivity index (χ4n) is 0.683. The van der Waals surface area contributed by atoms with E-state index in [0.29, 0.717) is 8.55 Å². The average molecular weight is 225 g/mol. The number of sulfone groups is 1. The minimum atomic E-state index is -3.12. The zero-order valence-corrected chi connectivity index (χ0v) is 9.13. The van der Waals surface area contributed by atoms with Gasteiger partial charge >= 0.3 is 0 Å². The van der Waals surface area contributed by atoms with Gasteiger partial charge in [-0.3, -0.25) is 0 Å². The van der Waals surface area contributed by atoms with E-state index < -0.39 is 9.84 Å². The molecule has 0 spiro atoms. The Bertz CT molecular complexity index is 365. The molecule has 2 nitrogen and oxygen atoms in total. The van der Waals surface area contributed by atoms with Crippen LogP contribution in [0.4, 0.5) is 0 Å². The predicted octanol–water partition coefficient (Wildman–Crippen LogP) is 2.58. The summed E-state index contributed by atoms with van der Waals surface area (Å²) in [5, 5.41) is -0.382. The molecule has 0 amide bonds. The average Bonchev–Trinajstić information content (AvgIpc) is 2.35. The van der Waals surface area contributed by atoms with Gasteiger partial charge in [0.2, 0.25) is 0 Å². The van der Waals surface area contributed by atoms with Crippen LogP contribution in [0.3, 0.4) is 0 Å². The highest BCUT2D eigenvalue weighted by Gasteiger charge is 2.20. The molecule has 1 rings (SSSR count). The first-order valence-electron chi connectivity index (χ1n) is 3.44. The maximum atomic E-state index is 11.5. The van der Waals surface area contributed by atoms with Crippen LogP contribution in [0.25, 0.3) is 0 Å². The van der Waals surface area contributed by atoms with Gasteiger partial charge in [-0.2, -0.15) is 0 Å². The molecule has 0 radical (unpaired) electrons. The normalized spacial score (nSPS) is 12.3. The second kappa shape index (κ2) is 3.36. The third-order valence-corrected chi connectivity index (χ3v) is 5.36. The van der Waals surface area contributed by atoms with Crippen molar-refractivity contribution in [1.29, 1.82) is 0 Å². The van der Waals surface area contributed by atoms with Gasteiger partial charge in [-0.1, -0.05) is 11.6 Å². The zero-order valence-electron chi connectivity index (χ0n) is 6.74. The molecule has 68 valence electrons. The summed E-state index contributed by atoms with van der Waals surface area (Å²) in [5.41, 5.74) is 0. The Balaban J connectivity index is 3.15. The summed E-state index contributed by atoms with van der Waals surface area (Å²) in [6.07, 6.45) is 0. The first-order valence-corrected chi connectivity index (χ1v) is 6.18. The first kappa shape index (κ1) is 10.0. The SMILES string of the molecule is CC(C)S(=O)(=O)c1ccc(Cl)s1. The Kier molecular flexibility index (Phi) is 2.81. The molecule has 0 N–H and O–H groups in total. The highest BCUT2D eigenvalue weighted by atomic mass is 35.5. The largest absolute Gasteiger partial charge is 0.223 e. The van der Waals surface area contributed by atoms with E-state index in [4.69, 9.17) is 11.6 Å². The molecule has 0 aromatic carbocycles. The Morgan fingerprint density at radius 2 is 2.00 bits per heavy atom. The summed E-state index contributed by atoms with van der Waals surface area (Å²) in [7, 11) is -3.12. The third kappa shape index (κ3) is 1.81. The van der Waals surface area contributed by atoms with Gasteiger partial charge < -0.3 is 0 Å². The van der Waals surface area contributed by atoms with Gasteiger partial charge in [0, 0.05) is 0 Å².